The minimum atomic E-state index is -1.01. The molecule has 0 radical (unpaired) electrons. The number of nitrogens with zero attached hydrogens (tertiary/aromatic N) is 3. The van der Waals surface area contributed by atoms with Gasteiger partial charge in [-0.05, 0) is 109 Å². The van der Waals surface area contributed by atoms with E-state index in [1.165, 1.54) is 17.0 Å². The highest BCUT2D eigenvalue weighted by atomic mass is 19.1. The van der Waals surface area contributed by atoms with Gasteiger partial charge in [-0.2, -0.15) is 0 Å². The van der Waals surface area contributed by atoms with E-state index < -0.39 is 23.8 Å². The Morgan fingerprint density at radius 1 is 0.959 bits per heavy atom. The number of aryl methyl sites for hydroxylation is 2. The summed E-state index contributed by atoms with van der Waals surface area (Å²) in [6.07, 6.45) is 0.960. The van der Waals surface area contributed by atoms with Crippen LogP contribution in [-0.2, 0) is 20.7 Å². The number of rotatable bonds is 10. The number of anilines is 1. The summed E-state index contributed by atoms with van der Waals surface area (Å²) in [7, 11) is 0. The Morgan fingerprint density at radius 2 is 1.59 bits per heavy atom. The van der Waals surface area contributed by atoms with Crippen molar-refractivity contribution in [3.63, 3.8) is 0 Å². The molecule has 1 atom stereocenters. The lowest BCUT2D eigenvalue weighted by atomic mass is 9.77. The number of benzene rings is 2. The molecular weight excluding hydrogens is 625 g/mol. The second-order valence-electron chi connectivity index (χ2n) is 14.7. The fraction of sp³-hybridized carbons (Fsp3) is 0.513. The summed E-state index contributed by atoms with van der Waals surface area (Å²) in [4.78, 5) is 34.4. The number of esters is 1. The van der Waals surface area contributed by atoms with Crippen molar-refractivity contribution < 1.29 is 33.3 Å². The minimum absolute atomic E-state index is 0.0584. The number of carbonyl (C=O) groups is 2. The highest BCUT2D eigenvalue weighted by molar-refractivity contribution is 5.88. The molecule has 264 valence electrons. The lowest BCUT2D eigenvalue weighted by molar-refractivity contribution is -0.171. The zero-order valence-corrected chi connectivity index (χ0v) is 29.8. The van der Waals surface area contributed by atoms with Crippen LogP contribution in [0.3, 0.4) is 0 Å². The summed E-state index contributed by atoms with van der Waals surface area (Å²) in [6.45, 7) is 16.3. The van der Waals surface area contributed by atoms with E-state index in [0.29, 0.717) is 56.2 Å². The Balaban J connectivity index is 1.52. The monoisotopic (exact) mass is 675 g/mol. The number of carboxylic acid groups (broad SMARTS) is 1. The third-order valence-corrected chi connectivity index (χ3v) is 9.44. The van der Waals surface area contributed by atoms with Crippen LogP contribution < -0.4 is 9.64 Å². The van der Waals surface area contributed by atoms with Gasteiger partial charge in [0.1, 0.15) is 11.6 Å². The van der Waals surface area contributed by atoms with Crippen LogP contribution in [0.2, 0.25) is 0 Å². The van der Waals surface area contributed by atoms with E-state index in [-0.39, 0.29) is 17.3 Å². The van der Waals surface area contributed by atoms with Crippen LogP contribution in [0.5, 0.6) is 5.75 Å². The number of halogens is 1. The van der Waals surface area contributed by atoms with E-state index in [1.54, 1.807) is 12.1 Å². The topological polar surface area (TPSA) is 101 Å². The highest BCUT2D eigenvalue weighted by Crippen LogP contribution is 2.47. The molecular formula is C39H50FN3O6. The summed E-state index contributed by atoms with van der Waals surface area (Å²) in [5, 5.41) is 9.64. The minimum Gasteiger partial charge on any atom is -0.493 e. The smallest absolute Gasteiger partial charge is 0.407 e. The average molecular weight is 676 g/mol. The third kappa shape index (κ3) is 8.71. The van der Waals surface area contributed by atoms with Crippen molar-refractivity contribution in [1.82, 2.24) is 9.88 Å². The van der Waals surface area contributed by atoms with Gasteiger partial charge in [-0.25, -0.2) is 14.0 Å². The zero-order valence-electron chi connectivity index (χ0n) is 29.8. The Bertz CT molecular complexity index is 1630. The fourth-order valence-corrected chi connectivity index (χ4v) is 7.07. The van der Waals surface area contributed by atoms with Crippen LogP contribution in [-0.4, -0.2) is 71.5 Å². The van der Waals surface area contributed by atoms with Crippen molar-refractivity contribution in [3.05, 3.63) is 76.9 Å². The Labute approximate surface area is 289 Å². The number of hydrogen-bond acceptors (Lipinski definition) is 7. The van der Waals surface area contributed by atoms with Crippen LogP contribution in [0.1, 0.15) is 82.5 Å². The van der Waals surface area contributed by atoms with Gasteiger partial charge in [-0.15, -0.1) is 0 Å². The van der Waals surface area contributed by atoms with Gasteiger partial charge in [0, 0.05) is 55.1 Å². The predicted molar refractivity (Wildman–Crippen MR) is 188 cm³/mol. The van der Waals surface area contributed by atoms with Crippen LogP contribution in [0.4, 0.5) is 14.9 Å². The van der Waals surface area contributed by atoms with Gasteiger partial charge in [0.25, 0.3) is 0 Å². The molecule has 10 heteroatoms. The summed E-state index contributed by atoms with van der Waals surface area (Å²) in [5.41, 5.74) is 5.23. The van der Waals surface area contributed by atoms with Gasteiger partial charge < -0.3 is 29.1 Å². The molecule has 0 aliphatic carbocycles. The van der Waals surface area contributed by atoms with Gasteiger partial charge in [0.05, 0.1) is 24.0 Å². The van der Waals surface area contributed by atoms with Crippen molar-refractivity contribution in [1.29, 1.82) is 0 Å². The van der Waals surface area contributed by atoms with Gasteiger partial charge in [0.2, 0.25) is 0 Å². The number of pyridine rings is 1. The van der Waals surface area contributed by atoms with Crippen molar-refractivity contribution in [3.8, 4) is 16.9 Å². The first kappa shape index (κ1) is 36.1. The molecule has 2 aliphatic rings. The lowest BCUT2D eigenvalue weighted by Gasteiger charge is -2.42. The van der Waals surface area contributed by atoms with Crippen LogP contribution in [0, 0.1) is 25.1 Å². The molecule has 9 nitrogen and oxygen atoms in total. The van der Waals surface area contributed by atoms with E-state index in [0.717, 1.165) is 47.3 Å². The Kier molecular flexibility index (Phi) is 10.9. The molecule has 0 saturated carbocycles. The molecule has 2 aromatic carbocycles. The van der Waals surface area contributed by atoms with E-state index in [9.17, 15) is 19.1 Å². The van der Waals surface area contributed by atoms with Crippen molar-refractivity contribution in [2.45, 2.75) is 92.0 Å². The van der Waals surface area contributed by atoms with Crippen molar-refractivity contribution in [2.75, 3.05) is 37.7 Å². The number of ether oxygens (including phenoxy) is 3. The SMILES string of the molecule is Cc1nc(C)c(C(OC(C)(C)C)C(=O)OC(C)C)c(N2CCC3(CCN(C(=O)O)C3)CC2)c1-c1ccc(OCCc2ccc(F)cc2)cc1. The Hall–Kier alpha value is -4.18. The summed E-state index contributed by atoms with van der Waals surface area (Å²) >= 11 is 0. The quantitative estimate of drug-likeness (QED) is 0.217. The molecule has 3 aromatic rings. The van der Waals surface area contributed by atoms with E-state index in [2.05, 4.69) is 4.90 Å². The fourth-order valence-electron chi connectivity index (χ4n) is 7.07. The number of amides is 1. The standard InChI is InChI=1S/C39H50FN3O6/c1-25(2)48-36(44)35(49-38(5,6)7)33-27(4)41-26(3)32(34(33)42-20-17-39(18-21-42)19-22-43(24-39)37(45)46)29-10-14-31(15-11-29)47-23-16-28-8-12-30(40)13-9-28/h8-15,25,35H,16-24H2,1-7H3,(H,45,46). The van der Waals surface area contributed by atoms with Crippen LogP contribution >= 0.6 is 0 Å². The van der Waals surface area contributed by atoms with Gasteiger partial charge in [-0.1, -0.05) is 24.3 Å². The first-order chi connectivity index (χ1) is 23.1. The second kappa shape index (κ2) is 14.7. The summed E-state index contributed by atoms with van der Waals surface area (Å²) < 4.78 is 31.6. The van der Waals surface area contributed by atoms with E-state index in [4.69, 9.17) is 19.2 Å². The Morgan fingerprint density at radius 3 is 2.16 bits per heavy atom. The number of hydrogen-bond donors (Lipinski definition) is 1. The largest absolute Gasteiger partial charge is 0.493 e. The van der Waals surface area contributed by atoms with E-state index >= 15 is 0 Å². The number of aromatic nitrogens is 1. The lowest BCUT2D eigenvalue weighted by Crippen LogP contribution is -2.43. The zero-order chi connectivity index (χ0) is 35.5. The molecule has 5 rings (SSSR count). The maximum absolute atomic E-state index is 13.8. The highest BCUT2D eigenvalue weighted by Gasteiger charge is 2.44. The first-order valence-corrected chi connectivity index (χ1v) is 17.2. The average Bonchev–Trinajstić information content (AvgIpc) is 3.45. The molecule has 1 spiro atoms. The van der Waals surface area contributed by atoms with Crippen LogP contribution in [0.15, 0.2) is 48.5 Å². The molecule has 2 saturated heterocycles. The molecule has 2 aliphatic heterocycles. The van der Waals surface area contributed by atoms with Gasteiger partial charge in [0.15, 0.2) is 6.10 Å². The molecule has 1 amide bonds. The number of likely N-dealkylation sites (tertiary alicyclic amines) is 1. The molecule has 1 aromatic heterocycles. The maximum Gasteiger partial charge on any atom is 0.407 e. The summed E-state index contributed by atoms with van der Waals surface area (Å²) in [6, 6.07) is 14.3. The van der Waals surface area contributed by atoms with Gasteiger partial charge >= 0.3 is 12.1 Å². The predicted octanol–water partition coefficient (Wildman–Crippen LogP) is 7.90. The molecule has 49 heavy (non-hydrogen) atoms. The van der Waals surface area contributed by atoms with Crippen molar-refractivity contribution >= 4 is 17.7 Å². The molecule has 0 bridgehead atoms. The number of carbonyl (C=O) groups excluding carboxylic acids is 1. The van der Waals surface area contributed by atoms with Crippen LogP contribution in [0.25, 0.3) is 11.1 Å². The molecule has 3 heterocycles. The maximum atomic E-state index is 13.8. The third-order valence-electron chi connectivity index (χ3n) is 9.44. The number of piperidine rings is 1. The molecule has 1 unspecified atom stereocenters. The second-order valence-corrected chi connectivity index (χ2v) is 14.7. The normalized spacial score (nSPS) is 16.7. The molecule has 1 N–H and O–H groups in total. The first-order valence-electron chi connectivity index (χ1n) is 17.2. The van der Waals surface area contributed by atoms with Crippen molar-refractivity contribution in [2.24, 2.45) is 5.41 Å². The molecule has 2 fully saturated rings. The van der Waals surface area contributed by atoms with Gasteiger partial charge in [-0.3, -0.25) is 4.98 Å². The summed E-state index contributed by atoms with van der Waals surface area (Å²) in [5.74, 6) is -0.00898. The van der Waals surface area contributed by atoms with E-state index in [1.807, 2.05) is 72.7 Å².